The Kier molecular flexibility index (Phi) is 3.91. The molecule has 0 amide bonds. The van der Waals surface area contributed by atoms with Gasteiger partial charge >= 0.3 is 0 Å². The van der Waals surface area contributed by atoms with Crippen LogP contribution in [0.2, 0.25) is 0 Å². The van der Waals surface area contributed by atoms with Crippen LogP contribution in [-0.2, 0) is 13.5 Å². The van der Waals surface area contributed by atoms with E-state index in [4.69, 9.17) is 0 Å². The van der Waals surface area contributed by atoms with Crippen LogP contribution < -0.4 is 5.32 Å². The molecule has 0 saturated heterocycles. The first-order chi connectivity index (χ1) is 8.19. The second-order valence-corrected chi connectivity index (χ2v) is 5.18. The molecule has 2 aromatic heterocycles. The maximum absolute atomic E-state index is 4.52. The van der Waals surface area contributed by atoms with Crippen LogP contribution in [0.4, 0.5) is 0 Å². The fourth-order valence-corrected chi connectivity index (χ4v) is 2.51. The minimum Gasteiger partial charge on any atom is -0.310 e. The van der Waals surface area contributed by atoms with Gasteiger partial charge in [-0.3, -0.25) is 4.68 Å². The van der Waals surface area contributed by atoms with Gasteiger partial charge in [-0.2, -0.15) is 5.10 Å². The number of nitrogens with one attached hydrogen (secondary N) is 1. The van der Waals surface area contributed by atoms with Crippen molar-refractivity contribution >= 4 is 11.3 Å². The molecule has 0 saturated carbocycles. The Bertz CT molecular complexity index is 474. The molecule has 0 radical (unpaired) electrons. The van der Waals surface area contributed by atoms with Crippen LogP contribution in [0, 0.1) is 6.92 Å². The van der Waals surface area contributed by atoms with Gasteiger partial charge in [-0.05, 0) is 13.5 Å². The molecule has 1 N–H and O–H groups in total. The Balaban J connectivity index is 2.12. The zero-order valence-electron chi connectivity index (χ0n) is 10.5. The van der Waals surface area contributed by atoms with Crippen molar-refractivity contribution in [2.75, 3.05) is 6.54 Å². The molecular formula is C12H18N4S. The van der Waals surface area contributed by atoms with Crippen molar-refractivity contribution in [1.29, 1.82) is 0 Å². The molecule has 0 aliphatic heterocycles. The quantitative estimate of drug-likeness (QED) is 0.883. The summed E-state index contributed by atoms with van der Waals surface area (Å²) in [5.41, 5.74) is 2.38. The van der Waals surface area contributed by atoms with E-state index >= 15 is 0 Å². The number of rotatable bonds is 5. The van der Waals surface area contributed by atoms with Gasteiger partial charge in [0.1, 0.15) is 0 Å². The standard InChI is InChI=1S/C12H18N4S/c1-4-13-12(10-6-14-16(3)7-10)5-11-8-17-9(2)15-11/h6-8,12-13H,4-5H2,1-3H3. The van der Waals surface area contributed by atoms with Gasteiger partial charge in [0, 0.05) is 36.7 Å². The van der Waals surface area contributed by atoms with Gasteiger partial charge in [-0.1, -0.05) is 6.92 Å². The normalized spacial score (nSPS) is 12.9. The van der Waals surface area contributed by atoms with Crippen LogP contribution in [0.15, 0.2) is 17.8 Å². The number of likely N-dealkylation sites (N-methyl/N-ethyl adjacent to an activating group) is 1. The number of aryl methyl sites for hydroxylation is 2. The molecule has 4 nitrogen and oxygen atoms in total. The summed E-state index contributed by atoms with van der Waals surface area (Å²) in [4.78, 5) is 4.52. The molecule has 0 bridgehead atoms. The molecule has 2 aromatic rings. The van der Waals surface area contributed by atoms with Crippen LogP contribution in [-0.4, -0.2) is 21.3 Å². The topological polar surface area (TPSA) is 42.7 Å². The first-order valence-corrected chi connectivity index (χ1v) is 6.70. The van der Waals surface area contributed by atoms with Crippen molar-refractivity contribution in [3.8, 4) is 0 Å². The highest BCUT2D eigenvalue weighted by molar-refractivity contribution is 7.09. The average Bonchev–Trinajstić information content (AvgIpc) is 2.87. The molecule has 0 spiro atoms. The molecule has 0 aliphatic carbocycles. The van der Waals surface area contributed by atoms with Gasteiger partial charge in [0.15, 0.2) is 0 Å². The first kappa shape index (κ1) is 12.3. The Morgan fingerprint density at radius 1 is 1.53 bits per heavy atom. The minimum absolute atomic E-state index is 0.301. The van der Waals surface area contributed by atoms with Gasteiger partial charge in [-0.15, -0.1) is 11.3 Å². The highest BCUT2D eigenvalue weighted by Gasteiger charge is 2.14. The predicted octanol–water partition coefficient (Wildman–Crippen LogP) is 2.08. The molecule has 1 unspecified atom stereocenters. The molecule has 0 aromatic carbocycles. The number of nitrogens with zero attached hydrogens (tertiary/aromatic N) is 3. The smallest absolute Gasteiger partial charge is 0.0897 e. The summed E-state index contributed by atoms with van der Waals surface area (Å²) < 4.78 is 1.84. The predicted molar refractivity (Wildman–Crippen MR) is 70.2 cm³/mol. The van der Waals surface area contributed by atoms with Crippen LogP contribution in [0.1, 0.15) is 29.2 Å². The zero-order valence-corrected chi connectivity index (χ0v) is 11.3. The number of hydrogen-bond acceptors (Lipinski definition) is 4. The SMILES string of the molecule is CCNC(Cc1csc(C)n1)c1cnn(C)c1. The number of thiazole rings is 1. The van der Waals surface area contributed by atoms with E-state index in [-0.39, 0.29) is 0 Å². The molecular weight excluding hydrogens is 232 g/mol. The van der Waals surface area contributed by atoms with Crippen LogP contribution in [0.3, 0.4) is 0 Å². The number of aromatic nitrogens is 3. The van der Waals surface area contributed by atoms with E-state index in [0.29, 0.717) is 6.04 Å². The van der Waals surface area contributed by atoms with Crippen molar-refractivity contribution in [3.05, 3.63) is 34.0 Å². The minimum atomic E-state index is 0.301. The lowest BCUT2D eigenvalue weighted by molar-refractivity contribution is 0.544. The third kappa shape index (κ3) is 3.14. The van der Waals surface area contributed by atoms with E-state index in [1.54, 1.807) is 11.3 Å². The molecule has 0 aliphatic rings. The second kappa shape index (κ2) is 5.42. The third-order valence-electron chi connectivity index (χ3n) is 2.66. The Morgan fingerprint density at radius 3 is 2.88 bits per heavy atom. The summed E-state index contributed by atoms with van der Waals surface area (Å²) >= 11 is 1.71. The first-order valence-electron chi connectivity index (χ1n) is 5.82. The van der Waals surface area contributed by atoms with Gasteiger partial charge in [0.2, 0.25) is 0 Å². The highest BCUT2D eigenvalue weighted by Crippen LogP contribution is 2.19. The summed E-state index contributed by atoms with van der Waals surface area (Å²) in [7, 11) is 1.94. The largest absolute Gasteiger partial charge is 0.310 e. The summed E-state index contributed by atoms with van der Waals surface area (Å²) in [6, 6.07) is 0.301. The van der Waals surface area contributed by atoms with E-state index in [1.165, 1.54) is 5.56 Å². The van der Waals surface area contributed by atoms with E-state index < -0.39 is 0 Å². The van der Waals surface area contributed by atoms with Crippen molar-refractivity contribution in [3.63, 3.8) is 0 Å². The van der Waals surface area contributed by atoms with Gasteiger partial charge in [0.25, 0.3) is 0 Å². The molecule has 17 heavy (non-hydrogen) atoms. The molecule has 2 rings (SSSR count). The van der Waals surface area contributed by atoms with Crippen molar-refractivity contribution < 1.29 is 0 Å². The molecule has 1 atom stereocenters. The monoisotopic (exact) mass is 250 g/mol. The van der Waals surface area contributed by atoms with Crippen molar-refractivity contribution in [2.24, 2.45) is 7.05 Å². The molecule has 5 heteroatoms. The molecule has 2 heterocycles. The Hall–Kier alpha value is -1.20. The molecule has 0 fully saturated rings. The van der Waals surface area contributed by atoms with Gasteiger partial charge < -0.3 is 5.32 Å². The maximum Gasteiger partial charge on any atom is 0.0897 e. The zero-order chi connectivity index (χ0) is 12.3. The van der Waals surface area contributed by atoms with E-state index in [9.17, 15) is 0 Å². The summed E-state index contributed by atoms with van der Waals surface area (Å²) in [5.74, 6) is 0. The Morgan fingerprint density at radius 2 is 2.35 bits per heavy atom. The highest BCUT2D eigenvalue weighted by atomic mass is 32.1. The fraction of sp³-hybridized carbons (Fsp3) is 0.500. The van der Waals surface area contributed by atoms with E-state index in [0.717, 1.165) is 23.7 Å². The van der Waals surface area contributed by atoms with Crippen molar-refractivity contribution in [2.45, 2.75) is 26.3 Å². The van der Waals surface area contributed by atoms with Crippen molar-refractivity contribution in [1.82, 2.24) is 20.1 Å². The lowest BCUT2D eigenvalue weighted by Crippen LogP contribution is -2.22. The summed E-state index contributed by atoms with van der Waals surface area (Å²) in [6.07, 6.45) is 4.91. The summed E-state index contributed by atoms with van der Waals surface area (Å²) in [5, 5.41) is 11.0. The Labute approximate surface area is 106 Å². The summed E-state index contributed by atoms with van der Waals surface area (Å²) in [6.45, 7) is 5.11. The number of hydrogen-bond donors (Lipinski definition) is 1. The van der Waals surface area contributed by atoms with Crippen LogP contribution in [0.25, 0.3) is 0 Å². The van der Waals surface area contributed by atoms with Gasteiger partial charge in [0.05, 0.1) is 16.9 Å². The third-order valence-corrected chi connectivity index (χ3v) is 3.48. The average molecular weight is 250 g/mol. The second-order valence-electron chi connectivity index (χ2n) is 4.12. The van der Waals surface area contributed by atoms with Crippen LogP contribution in [0.5, 0.6) is 0 Å². The van der Waals surface area contributed by atoms with Crippen LogP contribution >= 0.6 is 11.3 Å². The lowest BCUT2D eigenvalue weighted by atomic mass is 10.1. The fourth-order valence-electron chi connectivity index (χ4n) is 1.89. The lowest BCUT2D eigenvalue weighted by Gasteiger charge is -2.14. The van der Waals surface area contributed by atoms with E-state index in [2.05, 4.69) is 33.9 Å². The van der Waals surface area contributed by atoms with E-state index in [1.807, 2.05) is 24.9 Å². The molecule has 92 valence electrons. The maximum atomic E-state index is 4.52. The van der Waals surface area contributed by atoms with Gasteiger partial charge in [-0.25, -0.2) is 4.98 Å².